The Balaban J connectivity index is 1.08. The fraction of sp³-hybridized carbons (Fsp3) is 0.414. The third-order valence-corrected chi connectivity index (χ3v) is 7.96. The Morgan fingerprint density at radius 3 is 2.69 bits per heavy atom. The summed E-state index contributed by atoms with van der Waals surface area (Å²) >= 11 is 1.58. The molecule has 6 rings (SSSR count). The van der Waals surface area contributed by atoms with Crippen LogP contribution in [-0.2, 0) is 23.6 Å². The number of carbonyl (C=O) groups excluding carboxylic acids is 1. The van der Waals surface area contributed by atoms with Crippen LogP contribution in [0.15, 0.2) is 53.7 Å². The van der Waals surface area contributed by atoms with Gasteiger partial charge in [0.05, 0.1) is 12.3 Å². The van der Waals surface area contributed by atoms with Crippen LogP contribution in [0.3, 0.4) is 0 Å². The zero-order chi connectivity index (χ0) is 26.6. The maximum atomic E-state index is 12.5. The van der Waals surface area contributed by atoms with Crippen LogP contribution in [0.1, 0.15) is 40.0 Å². The fourth-order valence-electron chi connectivity index (χ4n) is 4.79. The van der Waals surface area contributed by atoms with Gasteiger partial charge in [0.25, 0.3) is 5.91 Å². The van der Waals surface area contributed by atoms with Crippen molar-refractivity contribution in [3.8, 4) is 11.5 Å². The minimum atomic E-state index is 0.00245. The number of nitrogens with one attached hydrogen (secondary N) is 1. The standard InChI is InChI=1S/C29H33N5O4S/c1-36-17-24-15-27(34-11-9-33(10-12-34)16-20-5-8-25-26(14-20)38-19-37-25)32-29(31-24)39-18-21-3-2-4-22(13-21)28(35)30-23-6-7-23/h2-5,8,13-15,23H,6-7,9-12,16-19H2,1H3,(H,30,35). The number of methoxy groups -OCH3 is 1. The number of aromatic nitrogens is 2. The lowest BCUT2D eigenvalue weighted by Crippen LogP contribution is -2.46. The second kappa shape index (κ2) is 11.8. The molecule has 0 spiro atoms. The van der Waals surface area contributed by atoms with Crippen LogP contribution in [0.2, 0.25) is 0 Å². The van der Waals surface area contributed by atoms with Crippen molar-refractivity contribution >= 4 is 23.5 Å². The maximum Gasteiger partial charge on any atom is 0.251 e. The van der Waals surface area contributed by atoms with Gasteiger partial charge in [0, 0.05) is 63.3 Å². The van der Waals surface area contributed by atoms with Gasteiger partial charge in [-0.15, -0.1) is 0 Å². The Hall–Kier alpha value is -3.34. The van der Waals surface area contributed by atoms with Gasteiger partial charge in [0.2, 0.25) is 6.79 Å². The van der Waals surface area contributed by atoms with E-state index in [0.29, 0.717) is 30.8 Å². The molecule has 3 aromatic rings. The van der Waals surface area contributed by atoms with Gasteiger partial charge < -0.3 is 24.4 Å². The van der Waals surface area contributed by atoms with E-state index in [1.165, 1.54) is 5.56 Å². The van der Waals surface area contributed by atoms with Crippen molar-refractivity contribution in [2.75, 3.05) is 45.0 Å². The minimum Gasteiger partial charge on any atom is -0.454 e. The smallest absolute Gasteiger partial charge is 0.251 e. The number of nitrogens with zero attached hydrogens (tertiary/aromatic N) is 4. The lowest BCUT2D eigenvalue weighted by molar-refractivity contribution is 0.0951. The molecule has 9 nitrogen and oxygen atoms in total. The van der Waals surface area contributed by atoms with Gasteiger partial charge in [-0.3, -0.25) is 9.69 Å². The predicted molar refractivity (Wildman–Crippen MR) is 149 cm³/mol. The van der Waals surface area contributed by atoms with Crippen LogP contribution in [-0.4, -0.2) is 66.9 Å². The first kappa shape index (κ1) is 25.9. The zero-order valence-corrected chi connectivity index (χ0v) is 22.9. The topological polar surface area (TPSA) is 89.0 Å². The minimum absolute atomic E-state index is 0.00245. The molecular formula is C29H33N5O4S. The second-order valence-corrected chi connectivity index (χ2v) is 11.1. The largest absolute Gasteiger partial charge is 0.454 e. The van der Waals surface area contributed by atoms with Crippen LogP contribution in [0.25, 0.3) is 0 Å². The molecule has 2 aromatic carbocycles. The molecule has 204 valence electrons. The van der Waals surface area contributed by atoms with E-state index in [2.05, 4.69) is 27.2 Å². The first-order valence-electron chi connectivity index (χ1n) is 13.4. The van der Waals surface area contributed by atoms with Crippen molar-refractivity contribution in [2.24, 2.45) is 0 Å². The average molecular weight is 548 g/mol. The highest BCUT2D eigenvalue weighted by Gasteiger charge is 2.24. The highest BCUT2D eigenvalue weighted by molar-refractivity contribution is 7.98. The predicted octanol–water partition coefficient (Wildman–Crippen LogP) is 3.86. The molecule has 3 aliphatic rings. The number of carbonyl (C=O) groups is 1. The summed E-state index contributed by atoms with van der Waals surface area (Å²) in [5.41, 5.74) is 3.87. The summed E-state index contributed by atoms with van der Waals surface area (Å²) in [5, 5.41) is 3.78. The highest BCUT2D eigenvalue weighted by Crippen LogP contribution is 2.33. The maximum absolute atomic E-state index is 12.5. The Kier molecular flexibility index (Phi) is 7.85. The number of rotatable bonds is 10. The molecule has 1 amide bonds. The van der Waals surface area contributed by atoms with Gasteiger partial charge in [0.1, 0.15) is 5.82 Å². The van der Waals surface area contributed by atoms with E-state index >= 15 is 0 Å². The monoisotopic (exact) mass is 547 g/mol. The van der Waals surface area contributed by atoms with Gasteiger partial charge >= 0.3 is 0 Å². The second-order valence-electron chi connectivity index (χ2n) is 10.1. The van der Waals surface area contributed by atoms with E-state index in [-0.39, 0.29) is 5.91 Å². The molecule has 0 radical (unpaired) electrons. The Morgan fingerprint density at radius 1 is 1.03 bits per heavy atom. The van der Waals surface area contributed by atoms with E-state index in [4.69, 9.17) is 24.2 Å². The first-order chi connectivity index (χ1) is 19.1. The molecule has 10 heteroatoms. The van der Waals surface area contributed by atoms with Gasteiger partial charge in [-0.2, -0.15) is 0 Å². The van der Waals surface area contributed by atoms with Crippen LogP contribution >= 0.6 is 11.8 Å². The number of amides is 1. The third-order valence-electron chi connectivity index (χ3n) is 7.05. The number of piperazine rings is 1. The first-order valence-corrected chi connectivity index (χ1v) is 14.4. The number of benzene rings is 2. The van der Waals surface area contributed by atoms with E-state index in [1.54, 1.807) is 18.9 Å². The van der Waals surface area contributed by atoms with Crippen molar-refractivity contribution in [2.45, 2.75) is 42.9 Å². The van der Waals surface area contributed by atoms with Crippen molar-refractivity contribution in [3.63, 3.8) is 0 Å². The number of hydrogen-bond acceptors (Lipinski definition) is 9. The molecule has 0 unspecified atom stereocenters. The van der Waals surface area contributed by atoms with Crippen molar-refractivity contribution in [1.29, 1.82) is 0 Å². The number of thioether (sulfide) groups is 1. The quantitative estimate of drug-likeness (QED) is 0.300. The molecule has 2 aliphatic heterocycles. The van der Waals surface area contributed by atoms with Gasteiger partial charge in [0.15, 0.2) is 16.7 Å². The molecule has 1 saturated carbocycles. The molecule has 0 atom stereocenters. The molecule has 1 saturated heterocycles. The summed E-state index contributed by atoms with van der Waals surface area (Å²) in [6, 6.07) is 16.4. The molecule has 1 aliphatic carbocycles. The van der Waals surface area contributed by atoms with Crippen molar-refractivity contribution in [3.05, 3.63) is 70.9 Å². The summed E-state index contributed by atoms with van der Waals surface area (Å²) in [7, 11) is 1.68. The molecule has 1 N–H and O–H groups in total. The van der Waals surface area contributed by atoms with Crippen molar-refractivity contribution < 1.29 is 19.0 Å². The van der Waals surface area contributed by atoms with E-state index in [0.717, 1.165) is 79.3 Å². The van der Waals surface area contributed by atoms with Crippen LogP contribution < -0.4 is 19.7 Å². The zero-order valence-electron chi connectivity index (χ0n) is 22.1. The van der Waals surface area contributed by atoms with Gasteiger partial charge in [-0.1, -0.05) is 30.0 Å². The van der Waals surface area contributed by atoms with Crippen molar-refractivity contribution in [1.82, 2.24) is 20.2 Å². The Morgan fingerprint density at radius 2 is 1.87 bits per heavy atom. The van der Waals surface area contributed by atoms with Crippen LogP contribution in [0.5, 0.6) is 11.5 Å². The Bertz CT molecular complexity index is 1330. The van der Waals surface area contributed by atoms with Crippen LogP contribution in [0.4, 0.5) is 5.82 Å². The van der Waals surface area contributed by atoms with Gasteiger partial charge in [-0.05, 0) is 48.2 Å². The normalized spacial score (nSPS) is 16.9. The third kappa shape index (κ3) is 6.63. The summed E-state index contributed by atoms with van der Waals surface area (Å²) in [4.78, 5) is 26.9. The fourth-order valence-corrected chi connectivity index (χ4v) is 5.60. The summed E-state index contributed by atoms with van der Waals surface area (Å²) < 4.78 is 16.4. The molecule has 0 bridgehead atoms. The van der Waals surface area contributed by atoms with Crippen LogP contribution in [0, 0.1) is 0 Å². The Labute approximate surface area is 232 Å². The number of anilines is 1. The number of hydrogen-bond donors (Lipinski definition) is 1. The molecular weight excluding hydrogens is 514 g/mol. The lowest BCUT2D eigenvalue weighted by atomic mass is 10.1. The summed E-state index contributed by atoms with van der Waals surface area (Å²) in [6.45, 7) is 5.26. The van der Waals surface area contributed by atoms with Gasteiger partial charge in [-0.25, -0.2) is 9.97 Å². The molecule has 39 heavy (non-hydrogen) atoms. The lowest BCUT2D eigenvalue weighted by Gasteiger charge is -2.35. The SMILES string of the molecule is COCc1cc(N2CCN(Cc3ccc4c(c3)OCO4)CC2)nc(SCc2cccc(C(=O)NC3CC3)c2)n1. The number of ether oxygens (including phenoxy) is 3. The highest BCUT2D eigenvalue weighted by atomic mass is 32.2. The van der Waals surface area contributed by atoms with E-state index in [1.807, 2.05) is 36.4 Å². The molecule has 3 heterocycles. The number of fused-ring (bicyclic) bond motifs is 1. The average Bonchev–Trinajstić information content (AvgIpc) is 3.65. The summed E-state index contributed by atoms with van der Waals surface area (Å²) in [5.74, 6) is 3.27. The molecule has 1 aromatic heterocycles. The molecule has 2 fully saturated rings. The summed E-state index contributed by atoms with van der Waals surface area (Å²) in [6.07, 6.45) is 2.15. The van der Waals surface area contributed by atoms with E-state index < -0.39 is 0 Å². The van der Waals surface area contributed by atoms with E-state index in [9.17, 15) is 4.79 Å².